The Morgan fingerprint density at radius 3 is 2.50 bits per heavy atom. The maximum atomic E-state index is 12.8. The summed E-state index contributed by atoms with van der Waals surface area (Å²) in [5.41, 5.74) is 1.95. The molecule has 3 aromatic rings. The third-order valence-electron chi connectivity index (χ3n) is 4.24. The minimum atomic E-state index is 0.0364. The number of benzene rings is 2. The number of carbonyl (C=O) groups is 1. The van der Waals surface area contributed by atoms with Gasteiger partial charge in [-0.15, -0.1) is 10.2 Å². The third kappa shape index (κ3) is 4.74. The van der Waals surface area contributed by atoms with Crippen LogP contribution in [-0.4, -0.2) is 37.5 Å². The van der Waals surface area contributed by atoms with Crippen molar-refractivity contribution in [3.63, 3.8) is 0 Å². The van der Waals surface area contributed by atoms with E-state index < -0.39 is 0 Å². The quantitative estimate of drug-likeness (QED) is 0.427. The van der Waals surface area contributed by atoms with Gasteiger partial charge in [0.15, 0.2) is 5.82 Å². The molecule has 0 fully saturated rings. The van der Waals surface area contributed by atoms with Gasteiger partial charge in [-0.05, 0) is 31.5 Å². The molecule has 1 heterocycles. The number of halogens is 1. The van der Waals surface area contributed by atoms with Crippen LogP contribution >= 0.6 is 27.7 Å². The van der Waals surface area contributed by atoms with Crippen LogP contribution in [0.15, 0.2) is 64.2 Å². The van der Waals surface area contributed by atoms with Crippen LogP contribution in [0.25, 0.3) is 11.4 Å². The van der Waals surface area contributed by atoms with E-state index in [4.69, 9.17) is 5.84 Å². The number of amides is 1. The minimum Gasteiger partial charge on any atom is -0.335 e. The number of hydrogen-bond acceptors (Lipinski definition) is 5. The Morgan fingerprint density at radius 2 is 1.82 bits per heavy atom. The number of aromatic nitrogens is 3. The molecule has 0 aliphatic rings. The molecule has 0 unspecified atom stereocenters. The van der Waals surface area contributed by atoms with Gasteiger partial charge in [0.2, 0.25) is 11.1 Å². The van der Waals surface area contributed by atoms with Crippen LogP contribution in [0.2, 0.25) is 0 Å². The molecule has 28 heavy (non-hydrogen) atoms. The summed E-state index contributed by atoms with van der Waals surface area (Å²) in [5, 5.41) is 8.84. The molecule has 0 aliphatic carbocycles. The Kier molecular flexibility index (Phi) is 6.74. The van der Waals surface area contributed by atoms with E-state index in [-0.39, 0.29) is 17.7 Å². The molecule has 6 nitrogen and oxygen atoms in total. The Balaban J connectivity index is 1.69. The molecule has 2 aromatic carbocycles. The van der Waals surface area contributed by atoms with Crippen LogP contribution in [0.5, 0.6) is 0 Å². The summed E-state index contributed by atoms with van der Waals surface area (Å²) < 4.78 is 2.31. The largest absolute Gasteiger partial charge is 0.335 e. The van der Waals surface area contributed by atoms with E-state index in [1.54, 1.807) is 0 Å². The van der Waals surface area contributed by atoms with Gasteiger partial charge in [-0.2, -0.15) is 0 Å². The van der Waals surface area contributed by atoms with E-state index in [1.165, 1.54) is 16.4 Å². The van der Waals surface area contributed by atoms with Crippen molar-refractivity contribution in [2.24, 2.45) is 0 Å². The van der Waals surface area contributed by atoms with Gasteiger partial charge in [0.25, 0.3) is 0 Å². The molecule has 8 heteroatoms. The topological polar surface area (TPSA) is 77.0 Å². The van der Waals surface area contributed by atoms with Crippen molar-refractivity contribution < 1.29 is 4.79 Å². The fourth-order valence-electron chi connectivity index (χ4n) is 2.75. The van der Waals surface area contributed by atoms with Crippen molar-refractivity contribution in [2.75, 3.05) is 11.6 Å². The molecule has 0 saturated heterocycles. The Labute approximate surface area is 177 Å². The first-order chi connectivity index (χ1) is 13.5. The van der Waals surface area contributed by atoms with E-state index in [1.807, 2.05) is 73.3 Å². The highest BCUT2D eigenvalue weighted by atomic mass is 79.9. The molecule has 146 valence electrons. The first-order valence-corrected chi connectivity index (χ1v) is 10.7. The lowest BCUT2D eigenvalue weighted by Crippen LogP contribution is -2.37. The summed E-state index contributed by atoms with van der Waals surface area (Å²) in [6, 6.07) is 17.7. The average molecular weight is 460 g/mol. The van der Waals surface area contributed by atoms with Crippen LogP contribution in [-0.2, 0) is 11.3 Å². The SMILES string of the molecule is CC(C)N(Cc1ccccc1)C(=O)CSc1nnc(-c2ccccc2Br)n1N. The molecule has 1 amide bonds. The smallest absolute Gasteiger partial charge is 0.233 e. The van der Waals surface area contributed by atoms with Crippen molar-refractivity contribution in [3.05, 3.63) is 64.6 Å². The van der Waals surface area contributed by atoms with Gasteiger partial charge < -0.3 is 10.7 Å². The first-order valence-electron chi connectivity index (χ1n) is 8.89. The molecule has 2 N–H and O–H groups in total. The van der Waals surface area contributed by atoms with Crippen LogP contribution in [0.4, 0.5) is 0 Å². The van der Waals surface area contributed by atoms with E-state index in [0.29, 0.717) is 17.5 Å². The van der Waals surface area contributed by atoms with Crippen LogP contribution < -0.4 is 5.84 Å². The zero-order valence-electron chi connectivity index (χ0n) is 15.7. The first kappa shape index (κ1) is 20.4. The lowest BCUT2D eigenvalue weighted by atomic mass is 10.2. The number of thioether (sulfide) groups is 1. The summed E-state index contributed by atoms with van der Waals surface area (Å²) in [4.78, 5) is 14.7. The summed E-state index contributed by atoms with van der Waals surface area (Å²) >= 11 is 4.79. The highest BCUT2D eigenvalue weighted by Gasteiger charge is 2.20. The third-order valence-corrected chi connectivity index (χ3v) is 5.86. The second-order valence-electron chi connectivity index (χ2n) is 6.55. The maximum absolute atomic E-state index is 12.8. The second-order valence-corrected chi connectivity index (χ2v) is 8.34. The maximum Gasteiger partial charge on any atom is 0.233 e. The number of rotatable bonds is 7. The zero-order valence-corrected chi connectivity index (χ0v) is 18.2. The minimum absolute atomic E-state index is 0.0364. The fourth-order valence-corrected chi connectivity index (χ4v) is 3.95. The van der Waals surface area contributed by atoms with Crippen molar-refractivity contribution >= 4 is 33.6 Å². The standard InChI is InChI=1S/C20H22BrN5OS/c1-14(2)25(12-15-8-4-3-5-9-15)18(27)13-28-20-24-23-19(26(20)22)16-10-6-7-11-17(16)21/h3-11,14H,12-13,22H2,1-2H3. The van der Waals surface area contributed by atoms with Crippen molar-refractivity contribution in [1.29, 1.82) is 0 Å². The zero-order chi connectivity index (χ0) is 20.1. The second kappa shape index (κ2) is 9.25. The molecule has 0 saturated carbocycles. The van der Waals surface area contributed by atoms with Crippen molar-refractivity contribution in [2.45, 2.75) is 31.6 Å². The predicted octanol–water partition coefficient (Wildman–Crippen LogP) is 3.95. The number of hydrogen-bond donors (Lipinski definition) is 1. The number of nitrogens with two attached hydrogens (primary N) is 1. The monoisotopic (exact) mass is 459 g/mol. The highest BCUT2D eigenvalue weighted by Crippen LogP contribution is 2.28. The number of nitrogen functional groups attached to an aromatic ring is 1. The summed E-state index contributed by atoms with van der Waals surface area (Å²) in [6.07, 6.45) is 0. The molecule has 0 atom stereocenters. The summed E-state index contributed by atoms with van der Waals surface area (Å²) in [7, 11) is 0. The molecule has 3 rings (SSSR count). The van der Waals surface area contributed by atoms with Gasteiger partial charge in [-0.25, -0.2) is 4.68 Å². The summed E-state index contributed by atoms with van der Waals surface area (Å²) in [6.45, 7) is 4.61. The van der Waals surface area contributed by atoms with E-state index >= 15 is 0 Å². The van der Waals surface area contributed by atoms with Crippen molar-refractivity contribution in [1.82, 2.24) is 19.8 Å². The average Bonchev–Trinajstić information content (AvgIpc) is 3.05. The highest BCUT2D eigenvalue weighted by molar-refractivity contribution is 9.10. The Hall–Kier alpha value is -2.32. The Morgan fingerprint density at radius 1 is 1.14 bits per heavy atom. The molecular weight excluding hydrogens is 438 g/mol. The molecular formula is C20H22BrN5OS. The Bertz CT molecular complexity index is 945. The number of carbonyl (C=O) groups excluding carboxylic acids is 1. The van der Waals surface area contributed by atoms with Gasteiger partial charge >= 0.3 is 0 Å². The molecule has 0 spiro atoms. The van der Waals surface area contributed by atoms with Crippen LogP contribution in [0.3, 0.4) is 0 Å². The normalized spacial score (nSPS) is 11.0. The fraction of sp³-hybridized carbons (Fsp3) is 0.250. The van der Waals surface area contributed by atoms with Gasteiger partial charge in [-0.1, -0.05) is 70.2 Å². The van der Waals surface area contributed by atoms with E-state index in [0.717, 1.165) is 15.6 Å². The van der Waals surface area contributed by atoms with Crippen LogP contribution in [0.1, 0.15) is 19.4 Å². The van der Waals surface area contributed by atoms with E-state index in [9.17, 15) is 4.79 Å². The van der Waals surface area contributed by atoms with Gasteiger partial charge in [-0.3, -0.25) is 4.79 Å². The lowest BCUT2D eigenvalue weighted by Gasteiger charge is -2.26. The van der Waals surface area contributed by atoms with Gasteiger partial charge in [0.1, 0.15) is 0 Å². The lowest BCUT2D eigenvalue weighted by molar-refractivity contribution is -0.130. The number of nitrogens with zero attached hydrogens (tertiary/aromatic N) is 4. The van der Waals surface area contributed by atoms with Crippen molar-refractivity contribution in [3.8, 4) is 11.4 Å². The predicted molar refractivity (Wildman–Crippen MR) is 116 cm³/mol. The van der Waals surface area contributed by atoms with Gasteiger partial charge in [0, 0.05) is 22.6 Å². The molecule has 0 aliphatic heterocycles. The molecule has 0 bridgehead atoms. The summed E-state index contributed by atoms with van der Waals surface area (Å²) in [5.74, 6) is 7.01. The van der Waals surface area contributed by atoms with E-state index in [2.05, 4.69) is 26.1 Å². The van der Waals surface area contributed by atoms with Gasteiger partial charge in [0.05, 0.1) is 5.75 Å². The molecule has 1 aromatic heterocycles. The molecule has 0 radical (unpaired) electrons. The van der Waals surface area contributed by atoms with Crippen LogP contribution in [0, 0.1) is 0 Å².